The number of nitrogens with one attached hydrogen (secondary N) is 2. The number of benzene rings is 1. The van der Waals surface area contributed by atoms with Gasteiger partial charge in [0, 0.05) is 17.7 Å². The second-order valence-electron chi connectivity index (χ2n) is 5.92. The van der Waals surface area contributed by atoms with Gasteiger partial charge in [-0.25, -0.2) is 9.59 Å². The lowest BCUT2D eigenvalue weighted by Crippen LogP contribution is -2.34. The van der Waals surface area contributed by atoms with Gasteiger partial charge in [-0.05, 0) is 44.6 Å². The van der Waals surface area contributed by atoms with Crippen LogP contribution in [0.1, 0.15) is 49.8 Å². The van der Waals surface area contributed by atoms with Gasteiger partial charge in [-0.15, -0.1) is 11.3 Å². The van der Waals surface area contributed by atoms with Crippen molar-refractivity contribution in [2.75, 3.05) is 18.5 Å². The Balaban J connectivity index is 2.26. The molecule has 2 N–H and O–H groups in total. The number of amides is 1. The fourth-order valence-electron chi connectivity index (χ4n) is 2.51. The number of carbonyl (C=O) groups is 3. The third-order valence-corrected chi connectivity index (χ3v) is 5.25. The van der Waals surface area contributed by atoms with Crippen LogP contribution < -0.4 is 10.6 Å². The Hall–Kier alpha value is -3.38. The molecule has 1 aromatic heterocycles. The Kier molecular flexibility index (Phi) is 8.16. The van der Waals surface area contributed by atoms with Gasteiger partial charge >= 0.3 is 11.9 Å². The third kappa shape index (κ3) is 5.83. The third-order valence-electron chi connectivity index (χ3n) is 3.86. The van der Waals surface area contributed by atoms with Crippen molar-refractivity contribution < 1.29 is 28.8 Å². The van der Waals surface area contributed by atoms with E-state index in [0.29, 0.717) is 5.56 Å². The van der Waals surface area contributed by atoms with E-state index < -0.39 is 22.8 Å². The van der Waals surface area contributed by atoms with Crippen molar-refractivity contribution in [2.24, 2.45) is 0 Å². The molecule has 10 nitrogen and oxygen atoms in total. The molecule has 1 amide bonds. The highest BCUT2D eigenvalue weighted by atomic mass is 32.1. The van der Waals surface area contributed by atoms with Crippen molar-refractivity contribution in [3.05, 3.63) is 55.9 Å². The zero-order chi connectivity index (χ0) is 23.1. The van der Waals surface area contributed by atoms with Crippen molar-refractivity contribution in [3.63, 3.8) is 0 Å². The van der Waals surface area contributed by atoms with E-state index in [-0.39, 0.29) is 45.0 Å². The molecule has 2 aromatic rings. The average molecular weight is 466 g/mol. The maximum Gasteiger partial charge on any atom is 0.348 e. The van der Waals surface area contributed by atoms with Crippen LogP contribution in [0.15, 0.2) is 24.3 Å². The molecule has 0 aliphatic rings. The minimum absolute atomic E-state index is 0.0264. The van der Waals surface area contributed by atoms with E-state index in [1.807, 2.05) is 0 Å². The van der Waals surface area contributed by atoms with Crippen molar-refractivity contribution in [1.82, 2.24) is 5.32 Å². The average Bonchev–Trinajstić information content (AvgIpc) is 3.04. The fraction of sp³-hybridized carbons (Fsp3) is 0.263. The molecule has 0 aliphatic carbocycles. The number of thiocarbonyl (C=S) groups is 1. The SMILES string of the molecule is CCOC(=O)c1sc(NC(=S)NC(=O)c2cccc([N+](=O)[O-])c2)c(C(=O)OCC)c1C. The van der Waals surface area contributed by atoms with Crippen molar-refractivity contribution in [2.45, 2.75) is 20.8 Å². The molecule has 0 radical (unpaired) electrons. The molecule has 0 saturated carbocycles. The highest BCUT2D eigenvalue weighted by molar-refractivity contribution is 7.80. The molecule has 1 heterocycles. The van der Waals surface area contributed by atoms with E-state index in [2.05, 4.69) is 10.6 Å². The summed E-state index contributed by atoms with van der Waals surface area (Å²) in [6, 6.07) is 5.13. The van der Waals surface area contributed by atoms with Crippen molar-refractivity contribution in [1.29, 1.82) is 0 Å². The number of hydrogen-bond donors (Lipinski definition) is 2. The van der Waals surface area contributed by atoms with Crippen molar-refractivity contribution in [3.8, 4) is 0 Å². The predicted molar refractivity (Wildman–Crippen MR) is 118 cm³/mol. The van der Waals surface area contributed by atoms with Gasteiger partial charge in [-0.2, -0.15) is 0 Å². The van der Waals surface area contributed by atoms with E-state index in [1.54, 1.807) is 20.8 Å². The number of thiophene rings is 1. The van der Waals surface area contributed by atoms with Gasteiger partial charge in [-0.1, -0.05) is 6.07 Å². The Bertz CT molecular complexity index is 1050. The number of non-ortho nitro benzene ring substituents is 1. The summed E-state index contributed by atoms with van der Waals surface area (Å²) in [4.78, 5) is 47.4. The van der Waals surface area contributed by atoms with Gasteiger partial charge in [0.25, 0.3) is 11.6 Å². The molecular weight excluding hydrogens is 446 g/mol. The Morgan fingerprint density at radius 2 is 1.81 bits per heavy atom. The predicted octanol–water partition coefficient (Wildman–Crippen LogP) is 3.44. The van der Waals surface area contributed by atoms with E-state index in [1.165, 1.54) is 18.2 Å². The second kappa shape index (κ2) is 10.6. The minimum Gasteiger partial charge on any atom is -0.462 e. The van der Waals surface area contributed by atoms with Crippen LogP contribution in [0, 0.1) is 17.0 Å². The number of rotatable bonds is 7. The lowest BCUT2D eigenvalue weighted by Gasteiger charge is -2.10. The lowest BCUT2D eigenvalue weighted by molar-refractivity contribution is -0.384. The minimum atomic E-state index is -0.683. The van der Waals surface area contributed by atoms with Crippen LogP contribution in [0.4, 0.5) is 10.7 Å². The van der Waals surface area contributed by atoms with E-state index >= 15 is 0 Å². The van der Waals surface area contributed by atoms with Crippen LogP contribution in [0.3, 0.4) is 0 Å². The number of anilines is 1. The standard InChI is InChI=1S/C19H19N3O7S2/c1-4-28-17(24)13-10(3)14(18(25)29-5-2)31-16(13)21-19(30)20-15(23)11-7-6-8-12(9-11)22(26)27/h6-9H,4-5H2,1-3H3,(H2,20,21,23,30). The lowest BCUT2D eigenvalue weighted by atomic mass is 10.1. The number of hydrogen-bond acceptors (Lipinski definition) is 9. The van der Waals surface area contributed by atoms with Crippen molar-refractivity contribution >= 4 is 57.2 Å². The molecule has 0 unspecified atom stereocenters. The number of nitro groups is 1. The first-order valence-corrected chi connectivity index (χ1v) is 10.3. The van der Waals surface area contributed by atoms with E-state index in [4.69, 9.17) is 21.7 Å². The second-order valence-corrected chi connectivity index (χ2v) is 7.35. The molecular formula is C19H19N3O7S2. The number of esters is 2. The number of nitrogens with zero attached hydrogens (tertiary/aromatic N) is 1. The number of ether oxygens (including phenoxy) is 2. The van der Waals surface area contributed by atoms with Crippen LogP contribution in [0.25, 0.3) is 0 Å². The maximum absolute atomic E-state index is 12.4. The summed E-state index contributed by atoms with van der Waals surface area (Å²) in [5.41, 5.74) is 0.238. The van der Waals surface area contributed by atoms with E-state index in [9.17, 15) is 24.5 Å². The smallest absolute Gasteiger partial charge is 0.348 e. The van der Waals surface area contributed by atoms with Gasteiger partial charge in [0.05, 0.1) is 23.7 Å². The molecule has 164 valence electrons. The molecule has 0 spiro atoms. The normalized spacial score (nSPS) is 10.2. The summed E-state index contributed by atoms with van der Waals surface area (Å²) < 4.78 is 10.1. The molecule has 31 heavy (non-hydrogen) atoms. The Morgan fingerprint density at radius 3 is 2.42 bits per heavy atom. The molecule has 0 saturated heterocycles. The first kappa shape index (κ1) is 23.9. The summed E-state index contributed by atoms with van der Waals surface area (Å²) in [6.45, 7) is 5.15. The number of carbonyl (C=O) groups excluding carboxylic acids is 3. The summed E-state index contributed by atoms with van der Waals surface area (Å²) in [5.74, 6) is -1.95. The van der Waals surface area contributed by atoms with Gasteiger partial charge in [0.15, 0.2) is 5.11 Å². The maximum atomic E-state index is 12.4. The molecule has 0 fully saturated rings. The fourth-order valence-corrected chi connectivity index (χ4v) is 3.86. The molecule has 0 atom stereocenters. The Labute approximate surface area is 186 Å². The summed E-state index contributed by atoms with van der Waals surface area (Å²) >= 11 is 6.07. The topological polar surface area (TPSA) is 137 Å². The van der Waals surface area contributed by atoms with Gasteiger partial charge in [0.1, 0.15) is 9.88 Å². The first-order valence-electron chi connectivity index (χ1n) is 9.03. The molecule has 1 aromatic carbocycles. The van der Waals surface area contributed by atoms with Gasteiger partial charge in [0.2, 0.25) is 0 Å². The highest BCUT2D eigenvalue weighted by Crippen LogP contribution is 2.34. The van der Waals surface area contributed by atoms with Crippen LogP contribution in [0.2, 0.25) is 0 Å². The molecule has 0 bridgehead atoms. The van der Waals surface area contributed by atoms with Crippen LogP contribution >= 0.6 is 23.6 Å². The van der Waals surface area contributed by atoms with Crippen LogP contribution in [-0.2, 0) is 9.47 Å². The van der Waals surface area contributed by atoms with E-state index in [0.717, 1.165) is 17.4 Å². The zero-order valence-corrected chi connectivity index (χ0v) is 18.5. The molecule has 0 aliphatic heterocycles. The summed E-state index contributed by atoms with van der Waals surface area (Å²) in [5, 5.41) is 16.0. The molecule has 12 heteroatoms. The first-order chi connectivity index (χ1) is 14.7. The van der Waals surface area contributed by atoms with Crippen LogP contribution in [-0.4, -0.2) is 41.1 Å². The summed E-state index contributed by atoms with van der Waals surface area (Å²) in [6.07, 6.45) is 0. The monoisotopic (exact) mass is 465 g/mol. The number of nitro benzene ring substituents is 1. The Morgan fingerprint density at radius 1 is 1.16 bits per heavy atom. The van der Waals surface area contributed by atoms with Crippen LogP contribution in [0.5, 0.6) is 0 Å². The largest absolute Gasteiger partial charge is 0.462 e. The summed E-state index contributed by atoms with van der Waals surface area (Å²) in [7, 11) is 0. The molecule has 2 rings (SSSR count). The van der Waals surface area contributed by atoms with Gasteiger partial charge in [-0.3, -0.25) is 20.2 Å². The quantitative estimate of drug-likeness (QED) is 0.273. The van der Waals surface area contributed by atoms with Gasteiger partial charge < -0.3 is 14.8 Å². The highest BCUT2D eigenvalue weighted by Gasteiger charge is 2.27. The zero-order valence-electron chi connectivity index (χ0n) is 16.8.